The van der Waals surface area contributed by atoms with Crippen LogP contribution in [-0.2, 0) is 22.4 Å². The number of nitrogens with one attached hydrogen (secondary N) is 1. The summed E-state index contributed by atoms with van der Waals surface area (Å²) in [5.74, 6) is -0.159. The number of amides is 1. The standard InChI is InChI=1S/C20H23NO4S/c1-13(19(22)21-15-8-6-9-16(12-15)24-2)25-20(23)18-11-14-7-4-3-5-10-17(14)26-18/h6,8-9,11-13H,3-5,7,10H2,1-2H3,(H,21,22). The molecule has 1 N–H and O–H groups in total. The first-order chi connectivity index (χ1) is 12.6. The first kappa shape index (κ1) is 18.5. The van der Waals surface area contributed by atoms with Gasteiger partial charge in [0.1, 0.15) is 10.6 Å². The number of hydrogen-bond acceptors (Lipinski definition) is 5. The molecule has 0 fully saturated rings. The molecule has 0 saturated heterocycles. The Morgan fingerprint density at radius 2 is 1.96 bits per heavy atom. The van der Waals surface area contributed by atoms with Crippen LogP contribution in [0.1, 0.15) is 46.3 Å². The monoisotopic (exact) mass is 373 g/mol. The van der Waals surface area contributed by atoms with Crippen molar-refractivity contribution in [2.75, 3.05) is 12.4 Å². The number of thiophene rings is 1. The van der Waals surface area contributed by atoms with E-state index in [2.05, 4.69) is 5.32 Å². The molecule has 0 bridgehead atoms. The van der Waals surface area contributed by atoms with Crippen LogP contribution in [0.5, 0.6) is 5.75 Å². The minimum atomic E-state index is -0.879. The van der Waals surface area contributed by atoms with Crippen LogP contribution in [0.15, 0.2) is 30.3 Å². The zero-order chi connectivity index (χ0) is 18.5. The molecule has 3 rings (SSSR count). The molecular formula is C20H23NO4S. The van der Waals surface area contributed by atoms with Gasteiger partial charge in [0.15, 0.2) is 6.10 Å². The van der Waals surface area contributed by atoms with E-state index < -0.39 is 12.1 Å². The maximum atomic E-state index is 12.4. The lowest BCUT2D eigenvalue weighted by molar-refractivity contribution is -0.123. The van der Waals surface area contributed by atoms with Crippen LogP contribution in [-0.4, -0.2) is 25.1 Å². The SMILES string of the molecule is COc1cccc(NC(=O)C(C)OC(=O)c2cc3c(s2)CCCCC3)c1. The molecule has 6 heteroatoms. The van der Waals surface area contributed by atoms with Gasteiger partial charge in [0.2, 0.25) is 0 Å². The number of ether oxygens (including phenoxy) is 2. The lowest BCUT2D eigenvalue weighted by Gasteiger charge is -2.13. The van der Waals surface area contributed by atoms with Crippen molar-refractivity contribution in [2.45, 2.75) is 45.1 Å². The molecule has 1 aromatic carbocycles. The Morgan fingerprint density at radius 3 is 2.77 bits per heavy atom. The number of aryl methyl sites for hydroxylation is 2. The minimum absolute atomic E-state index is 0.371. The van der Waals surface area contributed by atoms with Crippen molar-refractivity contribution < 1.29 is 19.1 Å². The lowest BCUT2D eigenvalue weighted by Crippen LogP contribution is -2.29. The molecule has 0 saturated carbocycles. The van der Waals surface area contributed by atoms with Gasteiger partial charge in [-0.2, -0.15) is 0 Å². The van der Waals surface area contributed by atoms with Crippen LogP contribution in [0.3, 0.4) is 0 Å². The Morgan fingerprint density at radius 1 is 1.15 bits per heavy atom. The third kappa shape index (κ3) is 4.43. The average Bonchev–Trinajstić information content (AvgIpc) is 2.92. The van der Waals surface area contributed by atoms with Crippen molar-refractivity contribution in [3.05, 3.63) is 45.6 Å². The lowest BCUT2D eigenvalue weighted by atomic mass is 10.1. The average molecular weight is 373 g/mol. The van der Waals surface area contributed by atoms with Gasteiger partial charge in [-0.3, -0.25) is 4.79 Å². The minimum Gasteiger partial charge on any atom is -0.497 e. The van der Waals surface area contributed by atoms with Crippen molar-refractivity contribution in [2.24, 2.45) is 0 Å². The van der Waals surface area contributed by atoms with Gasteiger partial charge in [0, 0.05) is 16.6 Å². The van der Waals surface area contributed by atoms with Gasteiger partial charge in [0.05, 0.1) is 7.11 Å². The first-order valence-electron chi connectivity index (χ1n) is 8.84. The molecular weight excluding hydrogens is 350 g/mol. The van der Waals surface area contributed by atoms with Gasteiger partial charge in [-0.05, 0) is 56.4 Å². The van der Waals surface area contributed by atoms with Crippen LogP contribution in [0, 0.1) is 0 Å². The highest BCUT2D eigenvalue weighted by molar-refractivity contribution is 7.14. The first-order valence-corrected chi connectivity index (χ1v) is 9.66. The molecule has 1 atom stereocenters. The Balaban J connectivity index is 1.60. The zero-order valence-electron chi connectivity index (χ0n) is 15.0. The molecule has 1 unspecified atom stereocenters. The summed E-state index contributed by atoms with van der Waals surface area (Å²) in [6.07, 6.45) is 4.74. The van der Waals surface area contributed by atoms with Gasteiger partial charge >= 0.3 is 5.97 Å². The fourth-order valence-electron chi connectivity index (χ4n) is 2.98. The smallest absolute Gasteiger partial charge is 0.349 e. The van der Waals surface area contributed by atoms with Crippen LogP contribution in [0.2, 0.25) is 0 Å². The topological polar surface area (TPSA) is 64.6 Å². The van der Waals surface area contributed by atoms with E-state index in [1.165, 1.54) is 34.6 Å². The summed E-state index contributed by atoms with van der Waals surface area (Å²) in [5, 5.41) is 2.74. The van der Waals surface area contributed by atoms with E-state index in [0.717, 1.165) is 19.3 Å². The number of carbonyl (C=O) groups is 2. The van der Waals surface area contributed by atoms with Crippen LogP contribution < -0.4 is 10.1 Å². The molecule has 26 heavy (non-hydrogen) atoms. The molecule has 1 aromatic heterocycles. The maximum absolute atomic E-state index is 12.4. The van der Waals surface area contributed by atoms with Crippen molar-refractivity contribution in [1.29, 1.82) is 0 Å². The Labute approximate surface area is 157 Å². The number of methoxy groups -OCH3 is 1. The summed E-state index contributed by atoms with van der Waals surface area (Å²) < 4.78 is 10.5. The van der Waals surface area contributed by atoms with E-state index in [1.807, 2.05) is 6.07 Å². The Hall–Kier alpha value is -2.34. The molecule has 1 aliphatic rings. The molecule has 0 radical (unpaired) electrons. The molecule has 5 nitrogen and oxygen atoms in total. The molecule has 1 amide bonds. The summed E-state index contributed by atoms with van der Waals surface area (Å²) in [6.45, 7) is 1.58. The number of esters is 1. The predicted octanol–water partition coefficient (Wildman–Crippen LogP) is 4.21. The van der Waals surface area contributed by atoms with E-state index in [-0.39, 0.29) is 5.91 Å². The Kier molecular flexibility index (Phi) is 5.93. The predicted molar refractivity (Wildman–Crippen MR) is 102 cm³/mol. The van der Waals surface area contributed by atoms with E-state index >= 15 is 0 Å². The molecule has 1 aliphatic carbocycles. The van der Waals surface area contributed by atoms with Gasteiger partial charge in [-0.1, -0.05) is 12.5 Å². The largest absolute Gasteiger partial charge is 0.497 e. The number of fused-ring (bicyclic) bond motifs is 1. The number of hydrogen-bond donors (Lipinski definition) is 1. The van der Waals surface area contributed by atoms with Crippen molar-refractivity contribution in [3.63, 3.8) is 0 Å². The molecule has 0 aliphatic heterocycles. The van der Waals surface area contributed by atoms with E-state index in [4.69, 9.17) is 9.47 Å². The van der Waals surface area contributed by atoms with E-state index in [1.54, 1.807) is 38.3 Å². The van der Waals surface area contributed by atoms with E-state index in [9.17, 15) is 9.59 Å². The van der Waals surface area contributed by atoms with Gasteiger partial charge < -0.3 is 14.8 Å². The highest BCUT2D eigenvalue weighted by Gasteiger charge is 2.22. The second-order valence-corrected chi connectivity index (χ2v) is 7.53. The second-order valence-electron chi connectivity index (χ2n) is 6.39. The van der Waals surface area contributed by atoms with E-state index in [0.29, 0.717) is 16.3 Å². The van der Waals surface area contributed by atoms with Gasteiger partial charge in [0.25, 0.3) is 5.91 Å². The maximum Gasteiger partial charge on any atom is 0.349 e. The highest BCUT2D eigenvalue weighted by Crippen LogP contribution is 2.29. The van der Waals surface area contributed by atoms with Crippen molar-refractivity contribution in [1.82, 2.24) is 0 Å². The quantitative estimate of drug-likeness (QED) is 0.630. The summed E-state index contributed by atoms with van der Waals surface area (Å²) >= 11 is 1.50. The number of anilines is 1. The fourth-order valence-corrected chi connectivity index (χ4v) is 4.12. The zero-order valence-corrected chi connectivity index (χ0v) is 15.9. The third-order valence-electron chi connectivity index (χ3n) is 4.44. The Bertz CT molecular complexity index is 775. The highest BCUT2D eigenvalue weighted by atomic mass is 32.1. The summed E-state index contributed by atoms with van der Waals surface area (Å²) in [4.78, 5) is 26.6. The molecule has 1 heterocycles. The number of rotatable bonds is 5. The van der Waals surface area contributed by atoms with Crippen LogP contribution >= 0.6 is 11.3 Å². The summed E-state index contributed by atoms with van der Waals surface area (Å²) in [5.41, 5.74) is 1.85. The molecule has 138 valence electrons. The summed E-state index contributed by atoms with van der Waals surface area (Å²) in [7, 11) is 1.56. The van der Waals surface area contributed by atoms with Crippen LogP contribution in [0.25, 0.3) is 0 Å². The normalized spacial score (nSPS) is 14.7. The molecule has 2 aromatic rings. The van der Waals surface area contributed by atoms with Crippen molar-refractivity contribution in [3.8, 4) is 5.75 Å². The van der Waals surface area contributed by atoms with Gasteiger partial charge in [-0.15, -0.1) is 11.3 Å². The summed E-state index contributed by atoms with van der Waals surface area (Å²) in [6, 6.07) is 8.97. The van der Waals surface area contributed by atoms with Gasteiger partial charge in [-0.25, -0.2) is 4.79 Å². The number of carbonyl (C=O) groups excluding carboxylic acids is 2. The third-order valence-corrected chi connectivity index (χ3v) is 5.66. The second kappa shape index (κ2) is 8.36. The van der Waals surface area contributed by atoms with Crippen molar-refractivity contribution >= 4 is 28.9 Å². The van der Waals surface area contributed by atoms with Crippen LogP contribution in [0.4, 0.5) is 5.69 Å². The fraction of sp³-hybridized carbons (Fsp3) is 0.400. The molecule has 0 spiro atoms. The number of benzene rings is 1.